The molecular formula is C50H61N7O8. The van der Waals surface area contributed by atoms with Gasteiger partial charge in [-0.2, -0.15) is 0 Å². The SMILES string of the molecule is CC[C@H]1CC[C@@H](C2=Nc3ccc4cc5c(cc4c3C2)OCc2cc(-c3cnc([C@@H]4CC[C@H](CC)N4C(=O)[C@@H](NC(=O)OC)C4CCOCC4)[nH]3)ccc2-5)N1C(=O)[C@@H](NC(=O)OC)C(C)C. The van der Waals surface area contributed by atoms with Crippen LogP contribution in [0.4, 0.5) is 15.3 Å². The van der Waals surface area contributed by atoms with E-state index in [-0.39, 0.29) is 47.8 Å². The molecule has 4 aromatic rings. The third-order valence-corrected chi connectivity index (χ3v) is 14.5. The molecule has 9 rings (SSSR count). The van der Waals surface area contributed by atoms with Crippen LogP contribution in [0.25, 0.3) is 33.2 Å². The quantitative estimate of drug-likeness (QED) is 0.134. The van der Waals surface area contributed by atoms with E-state index in [0.29, 0.717) is 39.1 Å². The Hall–Kier alpha value is -5.96. The molecule has 3 N–H and O–H groups in total. The number of nitrogens with one attached hydrogen (secondary N) is 3. The molecule has 4 amide bonds. The summed E-state index contributed by atoms with van der Waals surface area (Å²) in [5, 5.41) is 7.83. The number of likely N-dealkylation sites (tertiary alicyclic amines) is 2. The number of H-pyrrole nitrogens is 1. The molecule has 5 aliphatic rings. The summed E-state index contributed by atoms with van der Waals surface area (Å²) in [4.78, 5) is 70.9. The van der Waals surface area contributed by atoms with Gasteiger partial charge in [-0.1, -0.05) is 45.9 Å². The first kappa shape index (κ1) is 44.3. The monoisotopic (exact) mass is 887 g/mol. The van der Waals surface area contributed by atoms with Crippen molar-refractivity contribution in [3.8, 4) is 28.1 Å². The van der Waals surface area contributed by atoms with Crippen molar-refractivity contribution in [2.45, 2.75) is 128 Å². The second-order valence-electron chi connectivity index (χ2n) is 18.5. The lowest BCUT2D eigenvalue weighted by molar-refractivity contribution is -0.139. The lowest BCUT2D eigenvalue weighted by Gasteiger charge is -2.36. The molecule has 6 atom stereocenters. The molecule has 65 heavy (non-hydrogen) atoms. The van der Waals surface area contributed by atoms with Gasteiger partial charge in [0.2, 0.25) is 11.8 Å². The Morgan fingerprint density at radius 1 is 0.831 bits per heavy atom. The van der Waals surface area contributed by atoms with Crippen LogP contribution in [-0.2, 0) is 36.8 Å². The maximum Gasteiger partial charge on any atom is 0.407 e. The Labute approximate surface area is 380 Å². The minimum Gasteiger partial charge on any atom is -0.488 e. The molecule has 3 fully saturated rings. The van der Waals surface area contributed by atoms with Gasteiger partial charge in [-0.25, -0.2) is 14.6 Å². The fraction of sp³-hybridized carbons (Fsp3) is 0.520. The standard InChI is InChI=1S/C50H61N7O8/c1-7-32-11-15-41(56(32)47(58)44(27(3)4)54-49(60)62-5)39-23-36-35-24-43-37(22-29(35)10-14-38(36)52-39)34-13-9-30(21-31(34)26-65-43)40-25-51-46(53-40)42-16-12-33(8-2)57(42)48(59)45(55-50(61)63-6)28-17-19-64-20-18-28/h9-10,13-14,21-22,24-25,27-28,32-33,41-42,44-45H,7-8,11-12,15-20,23,26H2,1-6H3,(H,51,53)(H,54,60)(H,55,61)/t32-,33-,41-,42-,44-,45-/m0/s1. The number of carbonyl (C=O) groups excluding carboxylic acids is 4. The number of rotatable bonds is 11. The smallest absolute Gasteiger partial charge is 0.407 e. The first-order valence-corrected chi connectivity index (χ1v) is 23.4. The van der Waals surface area contributed by atoms with Gasteiger partial charge in [0.1, 0.15) is 30.3 Å². The number of aliphatic imine (C=N–C) groups is 1. The first-order valence-electron chi connectivity index (χ1n) is 23.4. The molecule has 0 spiro atoms. The van der Waals surface area contributed by atoms with Gasteiger partial charge in [-0.05, 0) is 120 Å². The van der Waals surface area contributed by atoms with Gasteiger partial charge in [0.15, 0.2) is 0 Å². The van der Waals surface area contributed by atoms with Gasteiger partial charge in [0.25, 0.3) is 0 Å². The predicted octanol–water partition coefficient (Wildman–Crippen LogP) is 8.16. The molecule has 5 aliphatic heterocycles. The molecule has 6 heterocycles. The molecule has 0 radical (unpaired) electrons. The zero-order chi connectivity index (χ0) is 45.5. The van der Waals surface area contributed by atoms with Gasteiger partial charge in [0, 0.05) is 43.0 Å². The summed E-state index contributed by atoms with van der Waals surface area (Å²) in [7, 11) is 2.63. The fourth-order valence-corrected chi connectivity index (χ4v) is 11.0. The number of nitrogens with zero attached hydrogens (tertiary/aromatic N) is 4. The second kappa shape index (κ2) is 18.5. The summed E-state index contributed by atoms with van der Waals surface area (Å²) in [5.74, 6) is 1.18. The Morgan fingerprint density at radius 2 is 1.54 bits per heavy atom. The number of carbonyl (C=O) groups is 4. The number of aromatic nitrogens is 2. The molecule has 344 valence electrons. The fourth-order valence-electron chi connectivity index (χ4n) is 11.0. The Morgan fingerprint density at radius 3 is 2.25 bits per heavy atom. The van der Waals surface area contributed by atoms with Crippen molar-refractivity contribution in [3.63, 3.8) is 0 Å². The third-order valence-electron chi connectivity index (χ3n) is 14.5. The number of hydrogen-bond acceptors (Lipinski definition) is 10. The van der Waals surface area contributed by atoms with Crippen molar-refractivity contribution >= 4 is 46.2 Å². The van der Waals surface area contributed by atoms with Gasteiger partial charge < -0.3 is 44.4 Å². The highest BCUT2D eigenvalue weighted by Gasteiger charge is 2.45. The molecule has 0 bridgehead atoms. The van der Waals surface area contributed by atoms with Crippen molar-refractivity contribution in [1.82, 2.24) is 30.4 Å². The summed E-state index contributed by atoms with van der Waals surface area (Å²) in [5.41, 5.74) is 8.04. The van der Waals surface area contributed by atoms with Crippen LogP contribution in [0.15, 0.2) is 53.7 Å². The third kappa shape index (κ3) is 8.32. The van der Waals surface area contributed by atoms with Crippen LogP contribution in [-0.4, -0.2) is 107 Å². The second-order valence-corrected chi connectivity index (χ2v) is 18.5. The molecule has 15 heteroatoms. The highest BCUT2D eigenvalue weighted by atomic mass is 16.5. The highest BCUT2D eigenvalue weighted by Crippen LogP contribution is 2.46. The molecule has 3 saturated heterocycles. The molecule has 15 nitrogen and oxygen atoms in total. The zero-order valence-electron chi connectivity index (χ0n) is 38.3. The van der Waals surface area contributed by atoms with Gasteiger partial charge in [-0.3, -0.25) is 14.6 Å². The molecular weight excluding hydrogens is 827 g/mol. The van der Waals surface area contributed by atoms with E-state index in [2.05, 4.69) is 71.9 Å². The summed E-state index contributed by atoms with van der Waals surface area (Å²) < 4.78 is 21.9. The minimum absolute atomic E-state index is 0.0262. The molecule has 3 aromatic carbocycles. The van der Waals surface area contributed by atoms with Crippen LogP contribution >= 0.6 is 0 Å². The normalized spacial score (nSPS) is 22.4. The van der Waals surface area contributed by atoms with Crippen LogP contribution in [0.2, 0.25) is 0 Å². The van der Waals surface area contributed by atoms with Crippen molar-refractivity contribution in [3.05, 3.63) is 65.6 Å². The number of ether oxygens (including phenoxy) is 4. The number of hydrogen-bond donors (Lipinski definition) is 3. The van der Waals surface area contributed by atoms with Crippen LogP contribution in [0.5, 0.6) is 5.75 Å². The van der Waals surface area contributed by atoms with Gasteiger partial charge in [0.05, 0.1) is 43.9 Å². The Balaban J connectivity index is 0.941. The Kier molecular flexibility index (Phi) is 12.6. The number of methoxy groups -OCH3 is 2. The topological polar surface area (TPSA) is 177 Å². The largest absolute Gasteiger partial charge is 0.488 e. The van der Waals surface area contributed by atoms with Crippen LogP contribution < -0.4 is 15.4 Å². The maximum absolute atomic E-state index is 14.4. The van der Waals surface area contributed by atoms with E-state index in [1.54, 1.807) is 0 Å². The van der Waals surface area contributed by atoms with Crippen LogP contribution in [0, 0.1) is 11.8 Å². The summed E-state index contributed by atoms with van der Waals surface area (Å²) in [6.07, 6.45) is 7.55. The summed E-state index contributed by atoms with van der Waals surface area (Å²) in [6, 6.07) is 13.2. The number of alkyl carbamates (subject to hydrolysis) is 2. The van der Waals surface area contributed by atoms with E-state index in [1.165, 1.54) is 14.2 Å². The molecule has 0 aliphatic carbocycles. The van der Waals surface area contributed by atoms with Gasteiger partial charge >= 0.3 is 12.2 Å². The van der Waals surface area contributed by atoms with E-state index in [9.17, 15) is 19.2 Å². The number of imidazole rings is 1. The van der Waals surface area contributed by atoms with Crippen molar-refractivity contribution < 1.29 is 38.1 Å². The zero-order valence-corrected chi connectivity index (χ0v) is 38.3. The van der Waals surface area contributed by atoms with Crippen LogP contribution in [0.3, 0.4) is 0 Å². The molecule has 0 unspecified atom stereocenters. The van der Waals surface area contributed by atoms with E-state index in [1.807, 2.05) is 29.8 Å². The lowest BCUT2D eigenvalue weighted by atomic mass is 9.90. The molecule has 0 saturated carbocycles. The van der Waals surface area contributed by atoms with Crippen molar-refractivity contribution in [2.24, 2.45) is 16.8 Å². The van der Waals surface area contributed by atoms with Gasteiger partial charge in [-0.15, -0.1) is 0 Å². The molecule has 1 aromatic heterocycles. The minimum atomic E-state index is -0.710. The van der Waals surface area contributed by atoms with E-state index >= 15 is 0 Å². The van der Waals surface area contributed by atoms with Crippen LogP contribution in [0.1, 0.15) is 102 Å². The number of amides is 4. The predicted molar refractivity (Wildman–Crippen MR) is 246 cm³/mol. The van der Waals surface area contributed by atoms with Crippen molar-refractivity contribution in [1.29, 1.82) is 0 Å². The van der Waals surface area contributed by atoms with E-state index in [4.69, 9.17) is 28.9 Å². The van der Waals surface area contributed by atoms with Crippen molar-refractivity contribution in [2.75, 3.05) is 27.4 Å². The Bertz CT molecular complexity index is 2510. The lowest BCUT2D eigenvalue weighted by Crippen LogP contribution is -2.55. The number of aromatic amines is 1. The number of benzene rings is 3. The highest BCUT2D eigenvalue weighted by molar-refractivity contribution is 6.06. The van der Waals surface area contributed by atoms with E-state index in [0.717, 1.165) is 106 Å². The summed E-state index contributed by atoms with van der Waals surface area (Å²) >= 11 is 0. The number of fused-ring (bicyclic) bond motifs is 6. The average Bonchev–Trinajstić information content (AvgIpc) is 4.16. The first-order chi connectivity index (χ1) is 31.5. The summed E-state index contributed by atoms with van der Waals surface area (Å²) in [6.45, 7) is 9.58. The maximum atomic E-state index is 14.4. The average molecular weight is 888 g/mol. The van der Waals surface area contributed by atoms with E-state index < -0.39 is 24.3 Å².